The molecule has 0 amide bonds. The summed E-state index contributed by atoms with van der Waals surface area (Å²) >= 11 is 2.03. The molecule has 0 fully saturated rings. The molecule has 41 heavy (non-hydrogen) atoms. The van der Waals surface area contributed by atoms with Gasteiger partial charge >= 0.3 is 0 Å². The van der Waals surface area contributed by atoms with E-state index in [1.807, 2.05) is 11.8 Å². The Labute approximate surface area is 251 Å². The fourth-order valence-corrected chi connectivity index (χ4v) is 7.01. The predicted molar refractivity (Wildman–Crippen MR) is 176 cm³/mol. The average Bonchev–Trinajstić information content (AvgIpc) is 3.02. The second kappa shape index (κ2) is 17.9. The van der Waals surface area contributed by atoms with Crippen LogP contribution in [0.25, 0.3) is 0 Å². The van der Waals surface area contributed by atoms with Crippen molar-refractivity contribution in [1.82, 2.24) is 0 Å². The van der Waals surface area contributed by atoms with E-state index < -0.39 is 0 Å². The molecule has 2 N–H and O–H groups in total. The molecule has 0 heterocycles. The molecule has 0 aliphatic carbocycles. The van der Waals surface area contributed by atoms with Crippen LogP contribution in [0.4, 0.5) is 0 Å². The zero-order valence-corrected chi connectivity index (χ0v) is 25.2. The van der Waals surface area contributed by atoms with Crippen LogP contribution in [-0.2, 0) is 12.8 Å². The standard InChI is InChI=1S/C38H46O2S/c39-27-13-3-1-7-17-31-19-15-25-35(29-31)37(33-21-9-5-10-22-33)41-38(34-23-11-6-12-24-34)36-26-16-20-32(30-36)18-8-2-4-14-28-40/h5-6,9-12,15-16,19-26,29-30,37-40H,1-4,7-8,13-14,17-18,27-28H2. The van der Waals surface area contributed by atoms with Gasteiger partial charge in [-0.3, -0.25) is 0 Å². The average molecular weight is 567 g/mol. The molecule has 0 bridgehead atoms. The van der Waals surface area contributed by atoms with Crippen molar-refractivity contribution in [1.29, 1.82) is 0 Å². The SMILES string of the molecule is OCCCCCCc1cccc(C(SC(c2ccccc2)c2cccc(CCCCCCO)c2)c2ccccc2)c1. The predicted octanol–water partition coefficient (Wildman–Crippen LogP) is 9.49. The Morgan fingerprint density at radius 1 is 0.415 bits per heavy atom. The quantitative estimate of drug-likeness (QED) is 0.118. The van der Waals surface area contributed by atoms with E-state index in [4.69, 9.17) is 10.2 Å². The molecule has 0 aliphatic heterocycles. The Hall–Kier alpha value is -2.85. The molecular weight excluding hydrogens is 520 g/mol. The smallest absolute Gasteiger partial charge is 0.0556 e. The van der Waals surface area contributed by atoms with Crippen molar-refractivity contribution in [3.8, 4) is 0 Å². The Bertz CT molecular complexity index is 1160. The highest BCUT2D eigenvalue weighted by molar-refractivity contribution is 8.00. The summed E-state index contributed by atoms with van der Waals surface area (Å²) in [4.78, 5) is 0. The van der Waals surface area contributed by atoms with Crippen molar-refractivity contribution < 1.29 is 10.2 Å². The zero-order chi connectivity index (χ0) is 28.5. The minimum Gasteiger partial charge on any atom is -0.396 e. The van der Waals surface area contributed by atoms with Crippen molar-refractivity contribution in [3.05, 3.63) is 143 Å². The first-order valence-corrected chi connectivity index (χ1v) is 16.4. The largest absolute Gasteiger partial charge is 0.396 e. The van der Waals surface area contributed by atoms with E-state index in [0.717, 1.165) is 64.2 Å². The molecule has 0 saturated carbocycles. The van der Waals surface area contributed by atoms with Gasteiger partial charge in [0.15, 0.2) is 0 Å². The number of aryl methyl sites for hydroxylation is 2. The number of hydrogen-bond acceptors (Lipinski definition) is 3. The molecule has 0 radical (unpaired) electrons. The summed E-state index contributed by atoms with van der Waals surface area (Å²) in [5, 5.41) is 18.6. The van der Waals surface area contributed by atoms with Gasteiger partial charge in [0, 0.05) is 13.2 Å². The summed E-state index contributed by atoms with van der Waals surface area (Å²) in [7, 11) is 0. The Kier molecular flexibility index (Phi) is 13.5. The van der Waals surface area contributed by atoms with E-state index in [2.05, 4.69) is 109 Å². The first-order chi connectivity index (χ1) is 20.3. The molecular formula is C38H46O2S. The Morgan fingerprint density at radius 2 is 0.805 bits per heavy atom. The second-order valence-electron chi connectivity index (χ2n) is 11.0. The van der Waals surface area contributed by atoms with Gasteiger partial charge in [-0.1, -0.05) is 135 Å². The molecule has 2 nitrogen and oxygen atoms in total. The van der Waals surface area contributed by atoms with Gasteiger partial charge in [-0.2, -0.15) is 0 Å². The lowest BCUT2D eigenvalue weighted by Gasteiger charge is -2.26. The van der Waals surface area contributed by atoms with Crippen LogP contribution < -0.4 is 0 Å². The highest BCUT2D eigenvalue weighted by atomic mass is 32.2. The molecule has 0 aliphatic rings. The lowest BCUT2D eigenvalue weighted by molar-refractivity contribution is 0.282. The zero-order valence-electron chi connectivity index (χ0n) is 24.3. The molecule has 0 spiro atoms. The molecule has 0 aromatic heterocycles. The molecule has 2 atom stereocenters. The van der Waals surface area contributed by atoms with E-state index in [9.17, 15) is 0 Å². The van der Waals surface area contributed by atoms with E-state index in [-0.39, 0.29) is 10.5 Å². The molecule has 2 unspecified atom stereocenters. The van der Waals surface area contributed by atoms with Crippen LogP contribution in [0.1, 0.15) is 95.2 Å². The fraction of sp³-hybridized carbons (Fsp3) is 0.368. The van der Waals surface area contributed by atoms with Crippen molar-refractivity contribution in [2.24, 2.45) is 0 Å². The third-order valence-electron chi connectivity index (χ3n) is 7.73. The van der Waals surface area contributed by atoms with Crippen LogP contribution in [0.2, 0.25) is 0 Å². The number of rotatable bonds is 18. The third kappa shape index (κ3) is 10.2. The van der Waals surface area contributed by atoms with Crippen LogP contribution in [0, 0.1) is 0 Å². The first-order valence-electron chi connectivity index (χ1n) is 15.4. The van der Waals surface area contributed by atoms with Gasteiger partial charge in [0.2, 0.25) is 0 Å². The van der Waals surface area contributed by atoms with Crippen LogP contribution >= 0.6 is 11.8 Å². The maximum absolute atomic E-state index is 9.10. The number of thioether (sulfide) groups is 1. The maximum atomic E-state index is 9.10. The van der Waals surface area contributed by atoms with Crippen LogP contribution in [0.15, 0.2) is 109 Å². The van der Waals surface area contributed by atoms with E-state index in [0.29, 0.717) is 13.2 Å². The van der Waals surface area contributed by atoms with Gasteiger partial charge < -0.3 is 10.2 Å². The Morgan fingerprint density at radius 3 is 1.22 bits per heavy atom. The van der Waals surface area contributed by atoms with Crippen LogP contribution in [0.3, 0.4) is 0 Å². The van der Waals surface area contributed by atoms with Crippen molar-refractivity contribution in [3.63, 3.8) is 0 Å². The summed E-state index contributed by atoms with van der Waals surface area (Å²) in [5.74, 6) is 0. The van der Waals surface area contributed by atoms with E-state index >= 15 is 0 Å². The summed E-state index contributed by atoms with van der Waals surface area (Å²) in [6, 6.07) is 40.3. The first kappa shape index (κ1) is 31.1. The summed E-state index contributed by atoms with van der Waals surface area (Å²) in [5.41, 5.74) is 8.17. The topological polar surface area (TPSA) is 40.5 Å². The van der Waals surface area contributed by atoms with Gasteiger partial charge in [0.25, 0.3) is 0 Å². The minimum absolute atomic E-state index is 0.206. The highest BCUT2D eigenvalue weighted by Crippen LogP contribution is 2.48. The van der Waals surface area contributed by atoms with Crippen LogP contribution in [0.5, 0.6) is 0 Å². The van der Waals surface area contributed by atoms with Gasteiger partial charge in [-0.25, -0.2) is 0 Å². The van der Waals surface area contributed by atoms with E-state index in [1.165, 1.54) is 33.4 Å². The van der Waals surface area contributed by atoms with Crippen LogP contribution in [-0.4, -0.2) is 23.4 Å². The molecule has 3 heteroatoms. The summed E-state index contributed by atoms with van der Waals surface area (Å²) < 4.78 is 0. The van der Waals surface area contributed by atoms with Gasteiger partial charge in [0.05, 0.1) is 10.5 Å². The lowest BCUT2D eigenvalue weighted by Crippen LogP contribution is -2.05. The maximum Gasteiger partial charge on any atom is 0.0556 e. The minimum atomic E-state index is 0.206. The van der Waals surface area contributed by atoms with Gasteiger partial charge in [-0.15, -0.1) is 11.8 Å². The normalized spacial score (nSPS) is 12.7. The lowest BCUT2D eigenvalue weighted by atomic mass is 9.99. The Balaban J connectivity index is 1.60. The highest BCUT2D eigenvalue weighted by Gasteiger charge is 2.24. The van der Waals surface area contributed by atoms with Crippen molar-refractivity contribution in [2.45, 2.75) is 74.7 Å². The summed E-state index contributed by atoms with van der Waals surface area (Å²) in [6.07, 6.45) is 10.8. The summed E-state index contributed by atoms with van der Waals surface area (Å²) in [6.45, 7) is 0.586. The number of unbranched alkanes of at least 4 members (excludes halogenated alkanes) is 6. The van der Waals surface area contributed by atoms with Gasteiger partial charge in [-0.05, 0) is 71.9 Å². The molecule has 4 rings (SSSR count). The van der Waals surface area contributed by atoms with Crippen molar-refractivity contribution >= 4 is 11.8 Å². The van der Waals surface area contributed by atoms with Crippen molar-refractivity contribution in [2.75, 3.05) is 13.2 Å². The molecule has 4 aromatic rings. The number of benzene rings is 4. The number of aliphatic hydroxyl groups is 2. The van der Waals surface area contributed by atoms with Gasteiger partial charge in [0.1, 0.15) is 0 Å². The monoisotopic (exact) mass is 566 g/mol. The van der Waals surface area contributed by atoms with E-state index in [1.54, 1.807) is 0 Å². The number of hydrogen-bond donors (Lipinski definition) is 2. The second-order valence-corrected chi connectivity index (χ2v) is 12.2. The fourth-order valence-electron chi connectivity index (χ4n) is 5.50. The molecule has 216 valence electrons. The third-order valence-corrected chi connectivity index (χ3v) is 9.36. The number of aliphatic hydroxyl groups excluding tert-OH is 2. The molecule has 4 aromatic carbocycles. The molecule has 0 saturated heterocycles.